The lowest BCUT2D eigenvalue weighted by atomic mass is 9.93. The van der Waals surface area contributed by atoms with Crippen LogP contribution in [0.25, 0.3) is 0 Å². The molecule has 6 heteroatoms. The van der Waals surface area contributed by atoms with Crippen LogP contribution in [0.1, 0.15) is 32.8 Å². The smallest absolute Gasteiger partial charge is 0.306 e. The first kappa shape index (κ1) is 20.8. The van der Waals surface area contributed by atoms with E-state index in [2.05, 4.69) is 33.9 Å². The van der Waals surface area contributed by atoms with Crippen molar-refractivity contribution in [1.29, 1.82) is 0 Å². The van der Waals surface area contributed by atoms with E-state index >= 15 is 0 Å². The third-order valence-electron chi connectivity index (χ3n) is 5.60. The Balaban J connectivity index is 2.07. The number of benzene rings is 1. The van der Waals surface area contributed by atoms with Crippen molar-refractivity contribution < 1.29 is 23.4 Å². The van der Waals surface area contributed by atoms with E-state index < -0.39 is 8.32 Å². The molecule has 0 radical (unpaired) electrons. The first-order valence-electron chi connectivity index (χ1n) is 9.11. The summed E-state index contributed by atoms with van der Waals surface area (Å²) in [6.45, 7) is 11.5. The molecule has 0 amide bonds. The summed E-state index contributed by atoms with van der Waals surface area (Å²) in [4.78, 5) is 11.9. The first-order chi connectivity index (χ1) is 12.1. The van der Waals surface area contributed by atoms with Crippen LogP contribution in [0.5, 0.6) is 11.5 Å². The Labute approximate surface area is 158 Å². The molecule has 1 aliphatic rings. The summed E-state index contributed by atoms with van der Waals surface area (Å²) in [6, 6.07) is 5.87. The third kappa shape index (κ3) is 4.80. The van der Waals surface area contributed by atoms with Gasteiger partial charge >= 0.3 is 5.97 Å². The van der Waals surface area contributed by atoms with E-state index in [4.69, 9.17) is 18.6 Å². The van der Waals surface area contributed by atoms with Crippen LogP contribution in [0.4, 0.5) is 0 Å². The Hall–Kier alpha value is -1.53. The lowest BCUT2D eigenvalue weighted by Crippen LogP contribution is -2.43. The van der Waals surface area contributed by atoms with E-state index in [0.29, 0.717) is 24.5 Å². The van der Waals surface area contributed by atoms with Crippen LogP contribution in [0.15, 0.2) is 18.2 Å². The van der Waals surface area contributed by atoms with Gasteiger partial charge in [0.25, 0.3) is 0 Å². The van der Waals surface area contributed by atoms with Gasteiger partial charge < -0.3 is 18.6 Å². The summed E-state index contributed by atoms with van der Waals surface area (Å²) in [5, 5.41) is 0.133. The lowest BCUT2D eigenvalue weighted by molar-refractivity contribution is -0.142. The monoisotopic (exact) mass is 380 g/mol. The average molecular weight is 381 g/mol. The number of ether oxygens (including phenoxy) is 3. The highest BCUT2D eigenvalue weighted by Gasteiger charge is 2.41. The van der Waals surface area contributed by atoms with Gasteiger partial charge in [0.15, 0.2) is 19.8 Å². The largest absolute Gasteiger partial charge is 0.493 e. The van der Waals surface area contributed by atoms with E-state index in [-0.39, 0.29) is 23.0 Å². The molecule has 0 aliphatic carbocycles. The molecule has 2 atom stereocenters. The summed E-state index contributed by atoms with van der Waals surface area (Å²) < 4.78 is 22.5. The normalized spacial score (nSPS) is 20.8. The van der Waals surface area contributed by atoms with Gasteiger partial charge in [-0.1, -0.05) is 26.8 Å². The number of methoxy groups -OCH3 is 2. The molecule has 146 valence electrons. The van der Waals surface area contributed by atoms with Crippen LogP contribution in [-0.2, 0) is 20.4 Å². The molecule has 26 heavy (non-hydrogen) atoms. The summed E-state index contributed by atoms with van der Waals surface area (Å²) in [7, 11) is 1.37. The first-order valence-corrected chi connectivity index (χ1v) is 12.0. The predicted molar refractivity (Wildman–Crippen MR) is 104 cm³/mol. The molecule has 1 fully saturated rings. The average Bonchev–Trinajstić information content (AvgIpc) is 2.91. The molecule has 0 aromatic heterocycles. The number of rotatable bonds is 7. The van der Waals surface area contributed by atoms with Crippen molar-refractivity contribution in [1.82, 2.24) is 0 Å². The Bertz CT molecular complexity index is 636. The molecule has 1 aliphatic heterocycles. The number of hydrogen-bond acceptors (Lipinski definition) is 5. The second-order valence-electron chi connectivity index (χ2n) is 8.46. The lowest BCUT2D eigenvalue weighted by Gasteiger charge is -2.37. The SMILES string of the molecule is COc1ccc(C[C@H]2CC(=O)O[C@@H]2CO[Si](C)(C)C(C)(C)C)cc1OC. The number of carbonyl (C=O) groups is 1. The second kappa shape index (κ2) is 8.01. The predicted octanol–water partition coefficient (Wildman–Crippen LogP) is 4.20. The molecular weight excluding hydrogens is 348 g/mol. The van der Waals surface area contributed by atoms with Gasteiger partial charge in [-0.25, -0.2) is 0 Å². The zero-order valence-corrected chi connectivity index (χ0v) is 18.0. The maximum absolute atomic E-state index is 11.9. The van der Waals surface area contributed by atoms with Gasteiger partial charge in [0.1, 0.15) is 6.10 Å². The second-order valence-corrected chi connectivity index (χ2v) is 13.3. The van der Waals surface area contributed by atoms with Crippen molar-refractivity contribution in [2.24, 2.45) is 5.92 Å². The van der Waals surface area contributed by atoms with E-state index in [1.54, 1.807) is 14.2 Å². The van der Waals surface area contributed by atoms with Gasteiger partial charge in [-0.2, -0.15) is 0 Å². The molecule has 1 aromatic rings. The van der Waals surface area contributed by atoms with Crippen molar-refractivity contribution in [2.75, 3.05) is 20.8 Å². The molecule has 0 saturated carbocycles. The maximum Gasteiger partial charge on any atom is 0.306 e. The van der Waals surface area contributed by atoms with Crippen molar-refractivity contribution in [2.45, 2.75) is 57.8 Å². The van der Waals surface area contributed by atoms with Crippen molar-refractivity contribution >= 4 is 14.3 Å². The molecule has 1 heterocycles. The number of hydrogen-bond donors (Lipinski definition) is 0. The van der Waals surface area contributed by atoms with E-state index in [0.717, 1.165) is 12.0 Å². The van der Waals surface area contributed by atoms with Gasteiger partial charge in [-0.15, -0.1) is 0 Å². The summed E-state index contributed by atoms with van der Waals surface area (Å²) in [6.07, 6.45) is 0.988. The molecule has 2 rings (SSSR count). The fourth-order valence-electron chi connectivity index (χ4n) is 2.85. The van der Waals surface area contributed by atoms with Crippen LogP contribution in [0.2, 0.25) is 18.1 Å². The Morgan fingerprint density at radius 2 is 1.81 bits per heavy atom. The molecule has 1 aromatic carbocycles. The fourth-order valence-corrected chi connectivity index (χ4v) is 3.86. The van der Waals surface area contributed by atoms with Crippen LogP contribution >= 0.6 is 0 Å². The van der Waals surface area contributed by atoms with Gasteiger partial charge in [0.2, 0.25) is 0 Å². The maximum atomic E-state index is 11.9. The van der Waals surface area contributed by atoms with Crippen LogP contribution in [0, 0.1) is 5.92 Å². The number of esters is 1. The summed E-state index contributed by atoms with van der Waals surface area (Å²) in [5.41, 5.74) is 1.10. The van der Waals surface area contributed by atoms with Crippen LogP contribution < -0.4 is 9.47 Å². The standard InChI is InChI=1S/C20H32O5Si/c1-20(2,3)26(6,7)24-13-18-15(12-19(21)25-18)10-14-8-9-16(22-4)17(11-14)23-5/h8-9,11,15,18H,10,12-13H2,1-7H3/t15-,18+/m0/s1. The summed E-state index contributed by atoms with van der Waals surface area (Å²) >= 11 is 0. The van der Waals surface area contributed by atoms with Gasteiger partial charge in [-0.3, -0.25) is 4.79 Å². The minimum absolute atomic E-state index is 0.116. The Kier molecular flexibility index (Phi) is 6.40. The highest BCUT2D eigenvalue weighted by atomic mass is 28.4. The molecule has 5 nitrogen and oxygen atoms in total. The minimum atomic E-state index is -1.87. The fraction of sp³-hybridized carbons (Fsp3) is 0.650. The molecule has 0 unspecified atom stereocenters. The van der Waals surface area contributed by atoms with E-state index in [9.17, 15) is 4.79 Å². The van der Waals surface area contributed by atoms with E-state index in [1.807, 2.05) is 18.2 Å². The van der Waals surface area contributed by atoms with Crippen LogP contribution in [-0.4, -0.2) is 41.2 Å². The highest BCUT2D eigenvalue weighted by Crippen LogP contribution is 2.38. The quantitative estimate of drug-likeness (QED) is 0.524. The van der Waals surface area contributed by atoms with Gasteiger partial charge in [0.05, 0.1) is 27.2 Å². The van der Waals surface area contributed by atoms with Gasteiger partial charge in [-0.05, 0) is 42.2 Å². The molecule has 0 bridgehead atoms. The minimum Gasteiger partial charge on any atom is -0.493 e. The number of cyclic esters (lactones) is 1. The zero-order chi connectivity index (χ0) is 19.5. The molecule has 0 N–H and O–H groups in total. The Morgan fingerprint density at radius 1 is 1.15 bits per heavy atom. The molecule has 1 saturated heterocycles. The van der Waals surface area contributed by atoms with Crippen molar-refractivity contribution in [3.63, 3.8) is 0 Å². The number of carbonyl (C=O) groups excluding carboxylic acids is 1. The zero-order valence-electron chi connectivity index (χ0n) is 17.0. The van der Waals surface area contributed by atoms with Gasteiger partial charge in [0, 0.05) is 5.92 Å². The Morgan fingerprint density at radius 3 is 2.38 bits per heavy atom. The third-order valence-corrected chi connectivity index (χ3v) is 10.1. The van der Waals surface area contributed by atoms with Crippen molar-refractivity contribution in [3.05, 3.63) is 23.8 Å². The molecular formula is C20H32O5Si. The van der Waals surface area contributed by atoms with E-state index in [1.165, 1.54) is 0 Å². The van der Waals surface area contributed by atoms with Crippen molar-refractivity contribution in [3.8, 4) is 11.5 Å². The van der Waals surface area contributed by atoms with Crippen LogP contribution in [0.3, 0.4) is 0 Å². The highest BCUT2D eigenvalue weighted by molar-refractivity contribution is 6.74. The summed E-state index contributed by atoms with van der Waals surface area (Å²) in [5.74, 6) is 1.38. The topological polar surface area (TPSA) is 54.0 Å². The molecule has 0 spiro atoms.